The summed E-state index contributed by atoms with van der Waals surface area (Å²) in [6.45, 7) is 0. The van der Waals surface area contributed by atoms with E-state index < -0.39 is 0 Å². The second kappa shape index (κ2) is 12.6. The molecule has 4 heterocycles. The maximum atomic E-state index is 6.44. The lowest BCUT2D eigenvalue weighted by Crippen LogP contribution is -2.00. The van der Waals surface area contributed by atoms with Gasteiger partial charge in [0.05, 0.1) is 11.0 Å². The Kier molecular flexibility index (Phi) is 7.03. The average molecular weight is 747 g/mol. The number of fused-ring (bicyclic) bond motifs is 10. The van der Waals surface area contributed by atoms with E-state index in [-0.39, 0.29) is 0 Å². The van der Waals surface area contributed by atoms with Gasteiger partial charge in [-0.3, -0.25) is 0 Å². The third-order valence-electron chi connectivity index (χ3n) is 11.0. The molecule has 0 radical (unpaired) electrons. The molecule has 0 aliphatic rings. The predicted octanol–water partition coefficient (Wildman–Crippen LogP) is 13.9. The number of hydrogen-bond donors (Lipinski definition) is 0. The second-order valence-corrected chi connectivity index (χ2v) is 15.5. The highest BCUT2D eigenvalue weighted by Crippen LogP contribution is 2.43. The molecule has 12 rings (SSSR count). The zero-order chi connectivity index (χ0) is 37.5. The van der Waals surface area contributed by atoms with E-state index in [1.807, 2.05) is 47.7 Å². The minimum absolute atomic E-state index is 0.609. The van der Waals surface area contributed by atoms with Gasteiger partial charge in [0.2, 0.25) is 0 Å². The van der Waals surface area contributed by atoms with Crippen LogP contribution < -0.4 is 0 Å². The van der Waals surface area contributed by atoms with Crippen LogP contribution in [-0.2, 0) is 0 Å². The Bertz CT molecular complexity index is 3530. The summed E-state index contributed by atoms with van der Waals surface area (Å²) in [6.07, 6.45) is 0. The normalized spacial score (nSPS) is 11.9. The molecule has 0 saturated heterocycles. The van der Waals surface area contributed by atoms with Crippen LogP contribution in [0.5, 0.6) is 0 Å². The highest BCUT2D eigenvalue weighted by molar-refractivity contribution is 7.26. The van der Waals surface area contributed by atoms with E-state index in [0.717, 1.165) is 55.4 Å². The lowest BCUT2D eigenvalue weighted by molar-refractivity contribution is 0.669. The van der Waals surface area contributed by atoms with E-state index in [9.17, 15) is 0 Å². The maximum Gasteiger partial charge on any atom is 0.164 e. The molecule has 8 aromatic carbocycles. The summed E-state index contributed by atoms with van der Waals surface area (Å²) in [5.74, 6) is 1.85. The SMILES string of the molecule is c1ccc(-c2nc(-c3cccc(-c4ccc5c(c4)c4ccccc4n5-c4ccccc4)c3)nc(-c3ccc4oc5ccc6sc7ccccc7c6c5c4c3)n2)cc1. The summed E-state index contributed by atoms with van der Waals surface area (Å²) in [7, 11) is 0. The third-order valence-corrected chi connectivity index (χ3v) is 12.2. The minimum atomic E-state index is 0.609. The fourth-order valence-electron chi connectivity index (χ4n) is 8.42. The summed E-state index contributed by atoms with van der Waals surface area (Å²) in [5, 5.41) is 7.07. The van der Waals surface area contributed by atoms with Crippen LogP contribution in [0.2, 0.25) is 0 Å². The number of thiophene rings is 1. The first-order valence-corrected chi connectivity index (χ1v) is 19.8. The van der Waals surface area contributed by atoms with Crippen LogP contribution in [0.1, 0.15) is 0 Å². The van der Waals surface area contributed by atoms with Gasteiger partial charge >= 0.3 is 0 Å². The number of aromatic nitrogens is 4. The predicted molar refractivity (Wildman–Crippen MR) is 236 cm³/mol. The molecule has 0 amide bonds. The summed E-state index contributed by atoms with van der Waals surface area (Å²) in [4.78, 5) is 15.4. The van der Waals surface area contributed by atoms with Gasteiger partial charge in [0.15, 0.2) is 17.5 Å². The van der Waals surface area contributed by atoms with Crippen molar-refractivity contribution in [2.75, 3.05) is 0 Å². The number of rotatable bonds is 5. The number of nitrogens with zero attached hydrogens (tertiary/aromatic N) is 4. The standard InChI is InChI=1S/C51H30N4OS/c1-3-12-31(13-4-1)49-52-50(54-51(53-49)35-23-25-43-40(30-35)47-44(56-43)26-27-46-48(47)38-19-8-10-21-45(38)57-46)34-15-11-14-32(28-34)33-22-24-42-39(29-33)37-18-7-9-20-41(37)55(42)36-16-5-2-6-17-36/h1-30H. The highest BCUT2D eigenvalue weighted by Gasteiger charge is 2.19. The number of benzene rings is 8. The van der Waals surface area contributed by atoms with E-state index >= 15 is 0 Å². The van der Waals surface area contributed by atoms with E-state index in [4.69, 9.17) is 19.4 Å². The van der Waals surface area contributed by atoms with Gasteiger partial charge in [-0.2, -0.15) is 0 Å². The average Bonchev–Trinajstić information content (AvgIpc) is 3.96. The Morgan fingerprint density at radius 1 is 0.368 bits per heavy atom. The molecule has 6 heteroatoms. The molecular weight excluding hydrogens is 717 g/mol. The summed E-state index contributed by atoms with van der Waals surface area (Å²) in [5.41, 5.74) is 10.2. The quantitative estimate of drug-likeness (QED) is 0.176. The van der Waals surface area contributed by atoms with Gasteiger partial charge in [-0.15, -0.1) is 11.3 Å². The largest absolute Gasteiger partial charge is 0.456 e. The fraction of sp³-hybridized carbons (Fsp3) is 0. The topological polar surface area (TPSA) is 56.7 Å². The van der Waals surface area contributed by atoms with Crippen molar-refractivity contribution in [2.24, 2.45) is 0 Å². The van der Waals surface area contributed by atoms with Gasteiger partial charge in [0.25, 0.3) is 0 Å². The summed E-state index contributed by atoms with van der Waals surface area (Å²) < 4.78 is 11.3. The molecule has 4 aromatic heterocycles. The Labute approximate surface area is 330 Å². The van der Waals surface area contributed by atoms with Gasteiger partial charge in [-0.25, -0.2) is 15.0 Å². The van der Waals surface area contributed by atoms with Crippen LogP contribution in [0.4, 0.5) is 0 Å². The van der Waals surface area contributed by atoms with Crippen LogP contribution in [0.3, 0.4) is 0 Å². The van der Waals surface area contributed by atoms with Gasteiger partial charge in [0, 0.05) is 64.1 Å². The molecule has 266 valence electrons. The molecule has 0 fully saturated rings. The van der Waals surface area contributed by atoms with Crippen molar-refractivity contribution in [3.05, 3.63) is 182 Å². The molecule has 0 N–H and O–H groups in total. The van der Waals surface area contributed by atoms with E-state index in [2.05, 4.69) is 150 Å². The van der Waals surface area contributed by atoms with Crippen LogP contribution in [0.25, 0.3) is 115 Å². The molecule has 57 heavy (non-hydrogen) atoms. The van der Waals surface area contributed by atoms with Crippen LogP contribution in [0, 0.1) is 0 Å². The molecule has 5 nitrogen and oxygen atoms in total. The van der Waals surface area contributed by atoms with Gasteiger partial charge < -0.3 is 8.98 Å². The Balaban J connectivity index is 1.01. The lowest BCUT2D eigenvalue weighted by Gasteiger charge is -2.10. The Hall–Kier alpha value is -7.41. The second-order valence-electron chi connectivity index (χ2n) is 14.4. The van der Waals surface area contributed by atoms with Crippen LogP contribution in [0.15, 0.2) is 186 Å². The van der Waals surface area contributed by atoms with Crippen molar-refractivity contribution in [1.29, 1.82) is 0 Å². The van der Waals surface area contributed by atoms with E-state index in [1.165, 1.54) is 42.0 Å². The van der Waals surface area contributed by atoms with E-state index in [1.54, 1.807) is 0 Å². The molecule has 0 atom stereocenters. The molecule has 0 spiro atoms. The smallest absolute Gasteiger partial charge is 0.164 e. The van der Waals surface area contributed by atoms with Crippen LogP contribution in [-0.4, -0.2) is 19.5 Å². The highest BCUT2D eigenvalue weighted by atomic mass is 32.1. The van der Waals surface area contributed by atoms with Gasteiger partial charge in [0.1, 0.15) is 11.2 Å². The van der Waals surface area contributed by atoms with Crippen molar-refractivity contribution in [2.45, 2.75) is 0 Å². The Morgan fingerprint density at radius 2 is 0.965 bits per heavy atom. The van der Waals surface area contributed by atoms with Gasteiger partial charge in [-0.05, 0) is 83.9 Å². The van der Waals surface area contributed by atoms with Gasteiger partial charge in [-0.1, -0.05) is 109 Å². The van der Waals surface area contributed by atoms with Crippen molar-refractivity contribution >= 4 is 75.3 Å². The fourth-order valence-corrected chi connectivity index (χ4v) is 9.53. The zero-order valence-corrected chi connectivity index (χ0v) is 31.2. The van der Waals surface area contributed by atoms with Crippen molar-refractivity contribution in [1.82, 2.24) is 19.5 Å². The number of para-hydroxylation sites is 2. The molecule has 0 bridgehead atoms. The molecule has 0 saturated carbocycles. The van der Waals surface area contributed by atoms with Crippen molar-refractivity contribution < 1.29 is 4.42 Å². The van der Waals surface area contributed by atoms with Crippen molar-refractivity contribution in [3.8, 4) is 51.0 Å². The van der Waals surface area contributed by atoms with Crippen LogP contribution >= 0.6 is 11.3 Å². The minimum Gasteiger partial charge on any atom is -0.456 e. The third kappa shape index (κ3) is 5.12. The summed E-state index contributed by atoms with van der Waals surface area (Å²) >= 11 is 1.81. The zero-order valence-electron chi connectivity index (χ0n) is 30.4. The first-order valence-electron chi connectivity index (χ1n) is 19.0. The molecule has 12 aromatic rings. The monoisotopic (exact) mass is 746 g/mol. The molecule has 0 aliphatic heterocycles. The first kappa shape index (κ1) is 31.9. The number of furan rings is 1. The van der Waals surface area contributed by atoms with Crippen molar-refractivity contribution in [3.63, 3.8) is 0 Å². The molecule has 0 unspecified atom stereocenters. The molecule has 0 aliphatic carbocycles. The summed E-state index contributed by atoms with van der Waals surface area (Å²) in [6, 6.07) is 63.8. The number of hydrogen-bond acceptors (Lipinski definition) is 5. The molecular formula is C51H30N4OS. The lowest BCUT2D eigenvalue weighted by atomic mass is 10.0. The first-order chi connectivity index (χ1) is 28.2. The Morgan fingerprint density at radius 3 is 1.81 bits per heavy atom. The van der Waals surface area contributed by atoms with E-state index in [0.29, 0.717) is 17.5 Å². The maximum absolute atomic E-state index is 6.44.